The fourth-order valence-corrected chi connectivity index (χ4v) is 3.52. The highest BCUT2D eigenvalue weighted by molar-refractivity contribution is 5.74. The Morgan fingerprint density at radius 2 is 1.88 bits per heavy atom. The largest absolute Gasteiger partial charge is 0.491 e. The van der Waals surface area contributed by atoms with E-state index in [1.807, 2.05) is 13.1 Å². The van der Waals surface area contributed by atoms with Gasteiger partial charge in [0.2, 0.25) is 0 Å². The van der Waals surface area contributed by atoms with Crippen molar-refractivity contribution in [2.24, 2.45) is 22.5 Å². The average molecular weight is 473 g/mol. The first kappa shape index (κ1) is 29.3. The summed E-state index contributed by atoms with van der Waals surface area (Å²) in [5, 5.41) is 3.13. The maximum Gasteiger partial charge on any atom is 0.309 e. The zero-order valence-electron chi connectivity index (χ0n) is 21.0. The number of nitrogens with zero attached hydrogens (tertiary/aromatic N) is 5. The molecule has 0 radical (unpaired) electrons. The summed E-state index contributed by atoms with van der Waals surface area (Å²) >= 11 is 0. The van der Waals surface area contributed by atoms with Crippen LogP contribution in [0.2, 0.25) is 0 Å². The smallest absolute Gasteiger partial charge is 0.309 e. The molecule has 10 nitrogen and oxygen atoms in total. The van der Waals surface area contributed by atoms with Gasteiger partial charge in [-0.25, -0.2) is 14.4 Å². The van der Waals surface area contributed by atoms with E-state index in [0.29, 0.717) is 31.1 Å². The zero-order valence-corrected chi connectivity index (χ0v) is 21.0. The lowest BCUT2D eigenvalue weighted by atomic mass is 10.1. The van der Waals surface area contributed by atoms with Gasteiger partial charge < -0.3 is 26.4 Å². The van der Waals surface area contributed by atoms with Crippen LogP contribution in [0.25, 0.3) is 0 Å². The SMILES string of the molecule is CC(C)C.CC(CCOC1=C(F)CC(N(N)CN)C=C1)N1CCN(C2=NCN(C)O2)CC1.N. The molecular formula is C22H45FN8O2. The van der Waals surface area contributed by atoms with Crippen molar-refractivity contribution in [3.05, 3.63) is 23.7 Å². The van der Waals surface area contributed by atoms with Crippen molar-refractivity contribution in [1.29, 1.82) is 0 Å². The van der Waals surface area contributed by atoms with Gasteiger partial charge in [0.1, 0.15) is 18.3 Å². The Kier molecular flexibility index (Phi) is 12.9. The number of halogens is 1. The lowest BCUT2D eigenvalue weighted by Crippen LogP contribution is -2.51. The molecule has 0 aromatic carbocycles. The summed E-state index contributed by atoms with van der Waals surface area (Å²) in [5.41, 5.74) is 5.49. The van der Waals surface area contributed by atoms with Crippen LogP contribution in [0.3, 0.4) is 0 Å². The van der Waals surface area contributed by atoms with Gasteiger partial charge in [-0.3, -0.25) is 10.7 Å². The molecule has 2 atom stereocenters. The first-order valence-electron chi connectivity index (χ1n) is 11.5. The molecule has 7 N–H and O–H groups in total. The minimum Gasteiger partial charge on any atom is -0.491 e. The second-order valence-electron chi connectivity index (χ2n) is 9.14. The Balaban J connectivity index is 0.00000101. The van der Waals surface area contributed by atoms with Crippen LogP contribution in [0.4, 0.5) is 4.39 Å². The molecule has 0 aromatic heterocycles. The molecule has 2 unspecified atom stereocenters. The van der Waals surface area contributed by atoms with E-state index in [9.17, 15) is 4.39 Å². The normalized spacial score (nSPS) is 22.5. The predicted molar refractivity (Wildman–Crippen MR) is 131 cm³/mol. The van der Waals surface area contributed by atoms with Crippen molar-refractivity contribution in [2.45, 2.75) is 52.6 Å². The lowest BCUT2D eigenvalue weighted by Gasteiger charge is -2.38. The number of rotatable bonds is 7. The van der Waals surface area contributed by atoms with Crippen molar-refractivity contribution in [2.75, 3.05) is 53.2 Å². The molecule has 0 bridgehead atoms. The van der Waals surface area contributed by atoms with Crippen LogP contribution >= 0.6 is 0 Å². The third-order valence-electron chi connectivity index (χ3n) is 5.41. The Hall–Kier alpha value is -1.76. The van der Waals surface area contributed by atoms with E-state index in [4.69, 9.17) is 21.2 Å². The molecule has 0 spiro atoms. The Morgan fingerprint density at radius 1 is 1.24 bits per heavy atom. The standard InChI is InChI=1S/C18H32FN7O2.C4H10.H3N/c1-14(24-6-8-25(9-7-24)18-22-13-23(2)28-18)5-10-27-17-4-3-15(11-16(17)19)26(21)12-20;1-4(2)3;/h3-4,14-15H,5-13,20-21H2,1-2H3;4H,1-3H3;1H3. The summed E-state index contributed by atoms with van der Waals surface area (Å²) in [6.07, 6.45) is 4.51. The molecule has 0 aromatic rings. The van der Waals surface area contributed by atoms with Gasteiger partial charge in [0.25, 0.3) is 0 Å². The van der Waals surface area contributed by atoms with E-state index in [0.717, 1.165) is 38.5 Å². The highest BCUT2D eigenvalue weighted by atomic mass is 19.1. The molecular weight excluding hydrogens is 427 g/mol. The van der Waals surface area contributed by atoms with Gasteiger partial charge in [-0.05, 0) is 25.3 Å². The molecule has 2 aliphatic heterocycles. The monoisotopic (exact) mass is 472 g/mol. The Bertz CT molecular complexity index is 662. The van der Waals surface area contributed by atoms with Crippen LogP contribution in [0, 0.1) is 5.92 Å². The van der Waals surface area contributed by atoms with Gasteiger partial charge in [0.05, 0.1) is 19.3 Å². The second-order valence-corrected chi connectivity index (χ2v) is 9.14. The number of piperazine rings is 1. The van der Waals surface area contributed by atoms with Gasteiger partial charge >= 0.3 is 6.02 Å². The third-order valence-corrected chi connectivity index (χ3v) is 5.41. The summed E-state index contributed by atoms with van der Waals surface area (Å²) in [7, 11) is 1.87. The molecule has 1 saturated heterocycles. The molecule has 2 heterocycles. The minimum absolute atomic E-state index is 0. The zero-order chi connectivity index (χ0) is 23.7. The van der Waals surface area contributed by atoms with Crippen molar-refractivity contribution in [3.63, 3.8) is 0 Å². The molecule has 3 rings (SSSR count). The van der Waals surface area contributed by atoms with E-state index < -0.39 is 0 Å². The number of nitrogens with two attached hydrogens (primary N) is 2. The van der Waals surface area contributed by atoms with E-state index in [1.165, 1.54) is 5.01 Å². The summed E-state index contributed by atoms with van der Waals surface area (Å²) in [6.45, 7) is 13.6. The first-order chi connectivity index (χ1) is 15.2. The third kappa shape index (κ3) is 9.55. The molecule has 33 heavy (non-hydrogen) atoms. The fourth-order valence-electron chi connectivity index (χ4n) is 3.52. The Labute approximate surface area is 198 Å². The molecule has 1 fully saturated rings. The van der Waals surface area contributed by atoms with E-state index in [-0.39, 0.29) is 31.1 Å². The fraction of sp³-hybridized carbons (Fsp3) is 0.773. The summed E-state index contributed by atoms with van der Waals surface area (Å²) < 4.78 is 19.9. The van der Waals surface area contributed by atoms with Gasteiger partial charge in [-0.1, -0.05) is 26.8 Å². The quantitative estimate of drug-likeness (QED) is 0.289. The first-order valence-corrected chi connectivity index (χ1v) is 11.5. The van der Waals surface area contributed by atoms with Crippen molar-refractivity contribution in [3.8, 4) is 0 Å². The van der Waals surface area contributed by atoms with Crippen LogP contribution in [0.1, 0.15) is 40.5 Å². The molecule has 0 amide bonds. The van der Waals surface area contributed by atoms with Gasteiger partial charge in [-0.15, -0.1) is 5.06 Å². The van der Waals surface area contributed by atoms with Crippen LogP contribution in [0.15, 0.2) is 28.7 Å². The van der Waals surface area contributed by atoms with Gasteiger partial charge in [-0.2, -0.15) is 0 Å². The van der Waals surface area contributed by atoms with Crippen molar-refractivity contribution >= 4 is 6.02 Å². The number of amidine groups is 1. The topological polar surface area (TPSA) is 131 Å². The van der Waals surface area contributed by atoms with Gasteiger partial charge in [0.15, 0.2) is 0 Å². The van der Waals surface area contributed by atoms with Crippen LogP contribution < -0.4 is 17.7 Å². The van der Waals surface area contributed by atoms with E-state index >= 15 is 0 Å². The molecule has 1 aliphatic carbocycles. The van der Waals surface area contributed by atoms with Crippen LogP contribution in [-0.2, 0) is 9.57 Å². The second kappa shape index (κ2) is 14.5. The lowest BCUT2D eigenvalue weighted by molar-refractivity contribution is -0.0384. The summed E-state index contributed by atoms with van der Waals surface area (Å²) in [6, 6.07) is 0.853. The highest BCUT2D eigenvalue weighted by Gasteiger charge is 2.27. The van der Waals surface area contributed by atoms with Crippen LogP contribution in [-0.4, -0.2) is 91.1 Å². The molecule has 3 aliphatic rings. The maximum absolute atomic E-state index is 14.2. The number of aliphatic imine (C=N–C) groups is 1. The number of hydroxylamine groups is 2. The minimum atomic E-state index is -0.278. The number of hydrogen-bond donors (Lipinski definition) is 3. The van der Waals surface area contributed by atoms with Crippen molar-refractivity contribution < 1.29 is 14.0 Å². The summed E-state index contributed by atoms with van der Waals surface area (Å²) in [5.74, 6) is 6.60. The summed E-state index contributed by atoms with van der Waals surface area (Å²) in [4.78, 5) is 14.6. The van der Waals surface area contributed by atoms with Gasteiger partial charge in [0, 0.05) is 45.7 Å². The number of ether oxygens (including phenoxy) is 1. The predicted octanol–water partition coefficient (Wildman–Crippen LogP) is 2.02. The van der Waals surface area contributed by atoms with Crippen molar-refractivity contribution in [1.82, 2.24) is 26.0 Å². The average Bonchev–Trinajstić information content (AvgIpc) is 3.20. The number of hydrazine groups is 1. The van der Waals surface area contributed by atoms with Crippen LogP contribution in [0.5, 0.6) is 0 Å². The molecule has 0 saturated carbocycles. The molecule has 11 heteroatoms. The Morgan fingerprint density at radius 3 is 2.39 bits per heavy atom. The van der Waals surface area contributed by atoms with E-state index in [2.05, 4.69) is 42.5 Å². The number of allylic oxidation sites excluding steroid dienone is 1. The maximum atomic E-state index is 14.2. The number of hydrogen-bond acceptors (Lipinski definition) is 10. The van der Waals surface area contributed by atoms with E-state index in [1.54, 1.807) is 11.1 Å². The molecule has 192 valence electrons. The highest BCUT2D eigenvalue weighted by Crippen LogP contribution is 2.23.